The lowest BCUT2D eigenvalue weighted by Crippen LogP contribution is -2.28. The normalized spacial score (nSPS) is 12.8. The van der Waals surface area contributed by atoms with Gasteiger partial charge in [-0.05, 0) is 138 Å². The topological polar surface area (TPSA) is 8.17 Å². The number of nitrogens with zero attached hydrogens (tertiary/aromatic N) is 2. The molecule has 1 aliphatic carbocycles. The summed E-state index contributed by atoms with van der Waals surface area (Å²) in [5, 5.41) is 11.4. The van der Waals surface area contributed by atoms with E-state index in [9.17, 15) is 0 Å². The van der Waals surface area contributed by atoms with Gasteiger partial charge >= 0.3 is 0 Å². The SMILES string of the molecule is c1ccc(-n2c3ccccc3c3cc(-c4ccc(N(c5ccc6c(c5)C(c5ccccc5)(c5ccccc5)c5sc7ccccc7c5-6)c5ccc6c7ccccc7c7ccccc7c6c5)cc4)ccc32)cc1. The van der Waals surface area contributed by atoms with E-state index in [0.717, 1.165) is 22.7 Å². The summed E-state index contributed by atoms with van der Waals surface area (Å²) in [6.45, 7) is 0. The fourth-order valence-corrected chi connectivity index (χ4v) is 13.8. The van der Waals surface area contributed by atoms with Crippen LogP contribution in [0.1, 0.15) is 21.6 Å². The Morgan fingerprint density at radius 2 is 0.833 bits per heavy atom. The summed E-state index contributed by atoms with van der Waals surface area (Å²) in [6.07, 6.45) is 0. The van der Waals surface area contributed by atoms with Crippen LogP contribution in [0.5, 0.6) is 0 Å². The molecule has 2 aromatic heterocycles. The first kappa shape index (κ1) is 40.8. The van der Waals surface area contributed by atoms with Crippen molar-refractivity contribution >= 4 is 92.6 Å². The molecule has 2 heterocycles. The summed E-state index contributed by atoms with van der Waals surface area (Å²) >= 11 is 1.94. The van der Waals surface area contributed by atoms with Crippen LogP contribution in [0, 0.1) is 0 Å². The summed E-state index contributed by atoms with van der Waals surface area (Å²) in [6, 6.07) is 99.1. The van der Waals surface area contributed by atoms with Crippen LogP contribution < -0.4 is 4.90 Å². The number of benzene rings is 12. The van der Waals surface area contributed by atoms with Crippen LogP contribution in [-0.2, 0) is 5.41 Å². The number of hydrogen-bond donors (Lipinski definition) is 0. The van der Waals surface area contributed by atoms with Crippen LogP contribution in [0.4, 0.5) is 17.1 Å². The first-order valence-corrected chi connectivity index (χ1v) is 25.6. The maximum Gasteiger partial charge on any atom is 0.0808 e. The monoisotopic (exact) mass is 932 g/mol. The number of thiophene rings is 1. The molecule has 0 bridgehead atoms. The number of rotatable bonds is 7. The minimum Gasteiger partial charge on any atom is -0.310 e. The summed E-state index contributed by atoms with van der Waals surface area (Å²) in [5.41, 5.74) is 15.2. The van der Waals surface area contributed by atoms with Gasteiger partial charge in [0.2, 0.25) is 0 Å². The Morgan fingerprint density at radius 3 is 1.51 bits per heavy atom. The maximum absolute atomic E-state index is 2.50. The molecule has 3 heteroatoms. The fraction of sp³-hybridized carbons (Fsp3) is 0.0145. The quantitative estimate of drug-likeness (QED) is 0.145. The lowest BCUT2D eigenvalue weighted by Gasteiger charge is -2.34. The van der Waals surface area contributed by atoms with Crippen LogP contribution in [-0.4, -0.2) is 4.57 Å². The van der Waals surface area contributed by atoms with Crippen molar-refractivity contribution < 1.29 is 0 Å². The molecule has 15 rings (SSSR count). The van der Waals surface area contributed by atoms with E-state index in [1.807, 2.05) is 11.3 Å². The molecule has 14 aromatic rings. The highest BCUT2D eigenvalue weighted by molar-refractivity contribution is 7.20. The van der Waals surface area contributed by atoms with Gasteiger partial charge in [-0.2, -0.15) is 0 Å². The molecular weight excluding hydrogens is 889 g/mol. The molecule has 2 nitrogen and oxygen atoms in total. The smallest absolute Gasteiger partial charge is 0.0808 e. The highest BCUT2D eigenvalue weighted by atomic mass is 32.1. The Kier molecular flexibility index (Phi) is 9.08. The summed E-state index contributed by atoms with van der Waals surface area (Å²) in [7, 11) is 0. The Balaban J connectivity index is 0.953. The second kappa shape index (κ2) is 16.0. The van der Waals surface area contributed by atoms with Crippen LogP contribution in [0.3, 0.4) is 0 Å². The Bertz CT molecular complexity index is 4360. The Labute approximate surface area is 421 Å². The van der Waals surface area contributed by atoms with E-state index in [4.69, 9.17) is 0 Å². The van der Waals surface area contributed by atoms with E-state index >= 15 is 0 Å². The molecular formula is C69H44N2S. The molecule has 72 heavy (non-hydrogen) atoms. The van der Waals surface area contributed by atoms with Crippen molar-refractivity contribution in [2.45, 2.75) is 5.41 Å². The summed E-state index contributed by atoms with van der Waals surface area (Å²) in [5.74, 6) is 0. The number of hydrogen-bond acceptors (Lipinski definition) is 2. The molecule has 0 fully saturated rings. The van der Waals surface area contributed by atoms with Gasteiger partial charge in [-0.3, -0.25) is 0 Å². The van der Waals surface area contributed by atoms with E-state index in [-0.39, 0.29) is 0 Å². The molecule has 0 spiro atoms. The first-order valence-electron chi connectivity index (χ1n) is 24.8. The van der Waals surface area contributed by atoms with Crippen molar-refractivity contribution in [1.82, 2.24) is 4.57 Å². The minimum atomic E-state index is -0.539. The molecule has 0 unspecified atom stereocenters. The zero-order chi connectivity index (χ0) is 47.3. The van der Waals surface area contributed by atoms with Gasteiger partial charge in [0.15, 0.2) is 0 Å². The van der Waals surface area contributed by atoms with E-state index in [2.05, 4.69) is 276 Å². The third-order valence-electron chi connectivity index (χ3n) is 15.4. The van der Waals surface area contributed by atoms with E-state index in [0.29, 0.717) is 0 Å². The summed E-state index contributed by atoms with van der Waals surface area (Å²) in [4.78, 5) is 3.85. The van der Waals surface area contributed by atoms with E-state index < -0.39 is 5.41 Å². The van der Waals surface area contributed by atoms with Gasteiger partial charge in [-0.1, -0.05) is 194 Å². The molecule has 336 valence electrons. The lowest BCUT2D eigenvalue weighted by molar-refractivity contribution is 0.785. The Hall–Kier alpha value is -9.02. The van der Waals surface area contributed by atoms with Crippen LogP contribution >= 0.6 is 11.3 Å². The number of anilines is 3. The van der Waals surface area contributed by atoms with Gasteiger partial charge in [0, 0.05) is 54.0 Å². The average Bonchev–Trinajstić information content (AvgIpc) is 4.10. The van der Waals surface area contributed by atoms with Gasteiger partial charge < -0.3 is 9.47 Å². The first-order chi connectivity index (χ1) is 35.7. The minimum absolute atomic E-state index is 0.539. The third kappa shape index (κ3) is 5.95. The lowest BCUT2D eigenvalue weighted by atomic mass is 9.70. The third-order valence-corrected chi connectivity index (χ3v) is 16.7. The highest BCUT2D eigenvalue weighted by Crippen LogP contribution is 2.62. The number of aromatic nitrogens is 1. The van der Waals surface area contributed by atoms with Crippen molar-refractivity contribution in [1.29, 1.82) is 0 Å². The van der Waals surface area contributed by atoms with Crippen molar-refractivity contribution in [3.05, 3.63) is 288 Å². The second-order valence-electron chi connectivity index (χ2n) is 19.1. The molecule has 0 N–H and O–H groups in total. The van der Waals surface area contributed by atoms with Gasteiger partial charge in [-0.15, -0.1) is 11.3 Å². The summed E-state index contributed by atoms with van der Waals surface area (Å²) < 4.78 is 3.69. The van der Waals surface area contributed by atoms with Crippen molar-refractivity contribution in [3.63, 3.8) is 0 Å². The van der Waals surface area contributed by atoms with Crippen molar-refractivity contribution in [3.8, 4) is 27.9 Å². The zero-order valence-electron chi connectivity index (χ0n) is 39.2. The molecule has 1 aliphatic rings. The molecule has 12 aromatic carbocycles. The van der Waals surface area contributed by atoms with Crippen LogP contribution in [0.15, 0.2) is 267 Å². The van der Waals surface area contributed by atoms with E-state index in [1.54, 1.807) is 0 Å². The maximum atomic E-state index is 2.50. The van der Waals surface area contributed by atoms with E-state index in [1.165, 1.54) is 108 Å². The number of para-hydroxylation sites is 2. The van der Waals surface area contributed by atoms with Crippen molar-refractivity contribution in [2.75, 3.05) is 4.90 Å². The highest BCUT2D eigenvalue weighted by Gasteiger charge is 2.48. The molecule has 0 radical (unpaired) electrons. The fourth-order valence-electron chi connectivity index (χ4n) is 12.3. The van der Waals surface area contributed by atoms with Gasteiger partial charge in [0.25, 0.3) is 0 Å². The molecule has 0 aliphatic heterocycles. The molecule has 0 amide bonds. The van der Waals surface area contributed by atoms with Crippen LogP contribution in [0.2, 0.25) is 0 Å². The van der Waals surface area contributed by atoms with Gasteiger partial charge in [0.05, 0.1) is 16.4 Å². The zero-order valence-corrected chi connectivity index (χ0v) is 40.0. The van der Waals surface area contributed by atoms with Crippen LogP contribution in [0.25, 0.3) is 92.2 Å². The average molecular weight is 933 g/mol. The predicted octanol–water partition coefficient (Wildman–Crippen LogP) is 19.0. The largest absolute Gasteiger partial charge is 0.310 e. The Morgan fingerprint density at radius 1 is 0.333 bits per heavy atom. The number of fused-ring (bicyclic) bond motifs is 14. The standard InChI is InChI=1S/C69H44N2S/c1-4-18-47(19-5-1)69(48-20-6-2-7-21-48)63-44-52(38-40-59(63)67-60-29-15-17-31-66(60)72-68(67)69)70(51-37-39-57-55-26-11-10-24-53(55)54-25-12-13-27-56(54)61(57)43-51)50-35-32-45(33-36-50)46-34-41-65-62(42-46)58-28-14-16-30-64(58)71(65)49-22-8-3-9-23-49/h1-44H. The van der Waals surface area contributed by atoms with Crippen molar-refractivity contribution in [2.24, 2.45) is 0 Å². The molecule has 0 saturated heterocycles. The molecule has 0 saturated carbocycles. The predicted molar refractivity (Wildman–Crippen MR) is 306 cm³/mol. The van der Waals surface area contributed by atoms with Gasteiger partial charge in [-0.25, -0.2) is 0 Å². The van der Waals surface area contributed by atoms with Gasteiger partial charge in [0.1, 0.15) is 0 Å². The second-order valence-corrected chi connectivity index (χ2v) is 20.2. The molecule has 0 atom stereocenters.